The van der Waals surface area contributed by atoms with Gasteiger partial charge >= 0.3 is 0 Å². The third-order valence-corrected chi connectivity index (χ3v) is 3.97. The van der Waals surface area contributed by atoms with E-state index in [0.717, 1.165) is 22.2 Å². The van der Waals surface area contributed by atoms with Crippen LogP contribution in [0, 0.1) is 0 Å². The summed E-state index contributed by atoms with van der Waals surface area (Å²) in [6, 6.07) is 15.3. The van der Waals surface area contributed by atoms with Crippen LogP contribution >= 0.6 is 11.3 Å². The number of amides is 1. The van der Waals surface area contributed by atoms with Crippen molar-refractivity contribution >= 4 is 33.7 Å². The molecule has 3 nitrogen and oxygen atoms in total. The van der Waals surface area contributed by atoms with Gasteiger partial charge in [-0.05, 0) is 23.6 Å². The van der Waals surface area contributed by atoms with Crippen LogP contribution in [0.1, 0.15) is 9.67 Å². The Morgan fingerprint density at radius 2 is 1.85 bits per heavy atom. The number of thiophene rings is 1. The predicted octanol–water partition coefficient (Wildman–Crippen LogP) is 4.16. The van der Waals surface area contributed by atoms with Crippen LogP contribution in [0.2, 0.25) is 0 Å². The van der Waals surface area contributed by atoms with E-state index in [2.05, 4.69) is 5.32 Å². The maximum absolute atomic E-state index is 12.1. The van der Waals surface area contributed by atoms with Gasteiger partial charge in [-0.25, -0.2) is 0 Å². The summed E-state index contributed by atoms with van der Waals surface area (Å²) in [6.07, 6.45) is 0. The molecule has 0 unspecified atom stereocenters. The first-order chi connectivity index (χ1) is 9.79. The minimum atomic E-state index is -0.0877. The molecule has 0 spiro atoms. The quantitative estimate of drug-likeness (QED) is 0.783. The zero-order valence-corrected chi connectivity index (χ0v) is 11.7. The van der Waals surface area contributed by atoms with Crippen LogP contribution in [-0.2, 0) is 0 Å². The van der Waals surface area contributed by atoms with Crippen LogP contribution in [0.4, 0.5) is 5.69 Å². The van der Waals surface area contributed by atoms with Crippen molar-refractivity contribution in [2.75, 3.05) is 12.4 Å². The van der Waals surface area contributed by atoms with Gasteiger partial charge in [0.2, 0.25) is 0 Å². The Morgan fingerprint density at radius 3 is 2.55 bits per heavy atom. The first-order valence-electron chi connectivity index (χ1n) is 6.20. The molecule has 1 heterocycles. The molecule has 1 amide bonds. The highest BCUT2D eigenvalue weighted by Gasteiger charge is 2.10. The molecule has 4 heteroatoms. The van der Waals surface area contributed by atoms with Gasteiger partial charge in [-0.15, -0.1) is 11.3 Å². The van der Waals surface area contributed by atoms with E-state index in [9.17, 15) is 4.79 Å². The first kappa shape index (κ1) is 12.7. The standard InChI is InChI=1S/C16H13NO2S/c1-19-14-9-8-13(11-5-2-3-6-12(11)14)17-16(18)15-7-4-10-20-15/h2-10H,1H3,(H,17,18). The van der Waals surface area contributed by atoms with Gasteiger partial charge in [0.05, 0.1) is 12.0 Å². The number of anilines is 1. The summed E-state index contributed by atoms with van der Waals surface area (Å²) in [4.78, 5) is 12.8. The summed E-state index contributed by atoms with van der Waals surface area (Å²) in [7, 11) is 1.64. The van der Waals surface area contributed by atoms with Gasteiger partial charge in [0, 0.05) is 16.5 Å². The van der Waals surface area contributed by atoms with Crippen LogP contribution in [-0.4, -0.2) is 13.0 Å². The number of ether oxygens (including phenoxy) is 1. The highest BCUT2D eigenvalue weighted by Crippen LogP contribution is 2.31. The second-order valence-corrected chi connectivity index (χ2v) is 5.24. The van der Waals surface area contributed by atoms with E-state index in [0.29, 0.717) is 4.88 Å². The number of nitrogens with one attached hydrogen (secondary N) is 1. The van der Waals surface area contributed by atoms with Crippen LogP contribution < -0.4 is 10.1 Å². The van der Waals surface area contributed by atoms with E-state index in [1.165, 1.54) is 11.3 Å². The minimum absolute atomic E-state index is 0.0877. The molecule has 0 aliphatic rings. The van der Waals surface area contributed by atoms with E-state index in [1.54, 1.807) is 7.11 Å². The number of hydrogen-bond donors (Lipinski definition) is 1. The number of rotatable bonds is 3. The molecule has 0 aliphatic heterocycles. The summed E-state index contributed by atoms with van der Waals surface area (Å²) in [5, 5.41) is 6.80. The molecule has 3 rings (SSSR count). The van der Waals surface area contributed by atoms with Gasteiger partial charge in [-0.3, -0.25) is 4.79 Å². The average molecular weight is 283 g/mol. The van der Waals surface area contributed by atoms with Gasteiger partial charge in [0.1, 0.15) is 5.75 Å². The summed E-state index contributed by atoms with van der Waals surface area (Å²) in [5.41, 5.74) is 0.791. The predicted molar refractivity (Wildman–Crippen MR) is 82.8 cm³/mol. The van der Waals surface area contributed by atoms with E-state index < -0.39 is 0 Å². The number of carbonyl (C=O) groups is 1. The minimum Gasteiger partial charge on any atom is -0.496 e. The lowest BCUT2D eigenvalue weighted by Crippen LogP contribution is -2.10. The van der Waals surface area contributed by atoms with Gasteiger partial charge in [-0.2, -0.15) is 0 Å². The van der Waals surface area contributed by atoms with Gasteiger partial charge < -0.3 is 10.1 Å². The smallest absolute Gasteiger partial charge is 0.265 e. The molecule has 1 N–H and O–H groups in total. The Labute approximate surface area is 120 Å². The molecular weight excluding hydrogens is 270 g/mol. The Kier molecular flexibility index (Phi) is 3.39. The third kappa shape index (κ3) is 2.26. The van der Waals surface area contributed by atoms with Crippen LogP contribution in [0.5, 0.6) is 5.75 Å². The Hall–Kier alpha value is -2.33. The number of fused-ring (bicyclic) bond motifs is 1. The normalized spacial score (nSPS) is 10.4. The summed E-state index contributed by atoms with van der Waals surface area (Å²) < 4.78 is 5.35. The van der Waals surface area contributed by atoms with E-state index in [4.69, 9.17) is 4.74 Å². The molecule has 0 fully saturated rings. The van der Waals surface area contributed by atoms with Crippen LogP contribution in [0.15, 0.2) is 53.9 Å². The lowest BCUT2D eigenvalue weighted by Gasteiger charge is -2.11. The Bertz CT molecular complexity index is 750. The fourth-order valence-corrected chi connectivity index (χ4v) is 2.77. The molecular formula is C16H13NO2S. The lowest BCUT2D eigenvalue weighted by molar-refractivity contribution is 0.103. The van der Waals surface area contributed by atoms with Crippen molar-refractivity contribution in [1.82, 2.24) is 0 Å². The molecule has 0 aliphatic carbocycles. The van der Waals surface area contributed by atoms with Crippen molar-refractivity contribution in [2.24, 2.45) is 0 Å². The van der Waals surface area contributed by atoms with Gasteiger partial charge in [-0.1, -0.05) is 30.3 Å². The molecule has 0 bridgehead atoms. The second kappa shape index (κ2) is 5.35. The Balaban J connectivity index is 2.02. The molecule has 0 atom stereocenters. The number of hydrogen-bond acceptors (Lipinski definition) is 3. The maximum atomic E-state index is 12.1. The molecule has 2 aromatic carbocycles. The third-order valence-electron chi connectivity index (χ3n) is 3.10. The lowest BCUT2D eigenvalue weighted by atomic mass is 10.1. The highest BCUT2D eigenvalue weighted by atomic mass is 32.1. The average Bonchev–Trinajstić information content (AvgIpc) is 3.02. The zero-order valence-electron chi connectivity index (χ0n) is 10.9. The first-order valence-corrected chi connectivity index (χ1v) is 7.08. The maximum Gasteiger partial charge on any atom is 0.265 e. The van der Waals surface area contributed by atoms with Crippen LogP contribution in [0.3, 0.4) is 0 Å². The molecule has 100 valence electrons. The summed E-state index contributed by atoms with van der Waals surface area (Å²) in [6.45, 7) is 0. The van der Waals surface area contributed by atoms with Crippen molar-refractivity contribution in [2.45, 2.75) is 0 Å². The molecule has 0 saturated carbocycles. The highest BCUT2D eigenvalue weighted by molar-refractivity contribution is 7.12. The zero-order chi connectivity index (χ0) is 13.9. The van der Waals surface area contributed by atoms with Crippen molar-refractivity contribution in [1.29, 1.82) is 0 Å². The largest absolute Gasteiger partial charge is 0.496 e. The number of methoxy groups -OCH3 is 1. The number of carbonyl (C=O) groups excluding carboxylic acids is 1. The second-order valence-electron chi connectivity index (χ2n) is 4.29. The molecule has 0 saturated heterocycles. The molecule has 20 heavy (non-hydrogen) atoms. The molecule has 3 aromatic rings. The van der Waals surface area contributed by atoms with Gasteiger partial charge in [0.25, 0.3) is 5.91 Å². The number of benzene rings is 2. The van der Waals surface area contributed by atoms with E-state index in [1.807, 2.05) is 53.9 Å². The molecule has 1 aromatic heterocycles. The van der Waals surface area contributed by atoms with Crippen LogP contribution in [0.25, 0.3) is 10.8 Å². The monoisotopic (exact) mass is 283 g/mol. The van der Waals surface area contributed by atoms with Crippen molar-refractivity contribution in [3.8, 4) is 5.75 Å². The summed E-state index contributed by atoms with van der Waals surface area (Å²) >= 11 is 1.43. The SMILES string of the molecule is COc1ccc(NC(=O)c2cccs2)c2ccccc12. The van der Waals surface area contributed by atoms with Crippen molar-refractivity contribution in [3.05, 3.63) is 58.8 Å². The van der Waals surface area contributed by atoms with Crippen molar-refractivity contribution in [3.63, 3.8) is 0 Å². The van der Waals surface area contributed by atoms with E-state index in [-0.39, 0.29) is 5.91 Å². The van der Waals surface area contributed by atoms with E-state index >= 15 is 0 Å². The van der Waals surface area contributed by atoms with Crippen molar-refractivity contribution < 1.29 is 9.53 Å². The molecule has 0 radical (unpaired) electrons. The fourth-order valence-electron chi connectivity index (χ4n) is 2.15. The topological polar surface area (TPSA) is 38.3 Å². The summed E-state index contributed by atoms with van der Waals surface area (Å²) in [5.74, 6) is 0.713. The fraction of sp³-hybridized carbons (Fsp3) is 0.0625. The van der Waals surface area contributed by atoms with Gasteiger partial charge in [0.15, 0.2) is 0 Å². The Morgan fingerprint density at radius 1 is 1.05 bits per heavy atom.